The van der Waals surface area contributed by atoms with E-state index in [2.05, 4.69) is 0 Å². The Morgan fingerprint density at radius 2 is 2.36 bits per heavy atom. The normalized spacial score (nSPS) is 21.5. The summed E-state index contributed by atoms with van der Waals surface area (Å²) < 4.78 is 12.8. The van der Waals surface area contributed by atoms with Gasteiger partial charge in [0.1, 0.15) is 11.6 Å². The molecule has 3 heteroatoms. The average molecular weight is 210 g/mol. The fraction of sp³-hybridized carbons (Fsp3) is 0.364. The Hall–Kier alpha value is -0.830. The molecule has 74 valence electrons. The van der Waals surface area contributed by atoms with Crippen LogP contribution in [0.5, 0.6) is 0 Å². The average Bonchev–Trinajstić information content (AvgIpc) is 2.51. The van der Waals surface area contributed by atoms with E-state index in [1.807, 2.05) is 6.07 Å². The molecule has 1 aliphatic heterocycles. The molecule has 1 fully saturated rings. The maximum Gasteiger partial charge on any atom is 0.143 e. The van der Waals surface area contributed by atoms with Crippen LogP contribution in [0.1, 0.15) is 12.0 Å². The highest BCUT2D eigenvalue weighted by Crippen LogP contribution is 2.26. The number of Topliss-reactive ketones (excluding diaryl/α,β-unsaturated/α-hetero) is 1. The lowest BCUT2D eigenvalue weighted by atomic mass is 10.1. The molecule has 1 aliphatic rings. The van der Waals surface area contributed by atoms with E-state index in [9.17, 15) is 9.18 Å². The fourth-order valence-electron chi connectivity index (χ4n) is 1.64. The van der Waals surface area contributed by atoms with Crippen LogP contribution in [0.25, 0.3) is 0 Å². The molecule has 0 aromatic heterocycles. The molecule has 0 N–H and O–H groups in total. The number of rotatable bonds is 2. The summed E-state index contributed by atoms with van der Waals surface area (Å²) in [7, 11) is 0. The highest BCUT2D eigenvalue weighted by Gasteiger charge is 2.22. The van der Waals surface area contributed by atoms with E-state index < -0.39 is 0 Å². The van der Waals surface area contributed by atoms with Crippen molar-refractivity contribution in [2.24, 2.45) is 0 Å². The summed E-state index contributed by atoms with van der Waals surface area (Å²) >= 11 is 1.68. The fourth-order valence-corrected chi connectivity index (χ4v) is 2.79. The third kappa shape index (κ3) is 2.35. The smallest absolute Gasteiger partial charge is 0.143 e. The van der Waals surface area contributed by atoms with Gasteiger partial charge in [-0.2, -0.15) is 0 Å². The molecule has 0 bridgehead atoms. The third-order valence-corrected chi connectivity index (χ3v) is 3.58. The largest absolute Gasteiger partial charge is 0.299 e. The molecule has 1 saturated heterocycles. The topological polar surface area (TPSA) is 17.1 Å². The molecule has 1 aromatic carbocycles. The van der Waals surface area contributed by atoms with Crippen LogP contribution in [-0.4, -0.2) is 16.8 Å². The zero-order chi connectivity index (χ0) is 9.97. The number of ketones is 1. The maximum atomic E-state index is 12.8. The van der Waals surface area contributed by atoms with E-state index in [0.717, 1.165) is 12.0 Å². The van der Waals surface area contributed by atoms with Crippen molar-refractivity contribution in [3.05, 3.63) is 35.6 Å². The quantitative estimate of drug-likeness (QED) is 0.745. The van der Waals surface area contributed by atoms with Crippen LogP contribution in [-0.2, 0) is 11.2 Å². The number of benzene rings is 1. The molecule has 1 heterocycles. The minimum atomic E-state index is -0.197. The Morgan fingerprint density at radius 1 is 1.50 bits per heavy atom. The molecule has 1 aromatic rings. The Morgan fingerprint density at radius 3 is 3.00 bits per heavy atom. The van der Waals surface area contributed by atoms with Gasteiger partial charge in [-0.3, -0.25) is 4.79 Å². The van der Waals surface area contributed by atoms with Gasteiger partial charge in [0.05, 0.1) is 5.75 Å². The van der Waals surface area contributed by atoms with Gasteiger partial charge < -0.3 is 0 Å². The summed E-state index contributed by atoms with van der Waals surface area (Å²) in [4.78, 5) is 11.0. The van der Waals surface area contributed by atoms with Gasteiger partial charge in [0, 0.05) is 11.7 Å². The molecule has 2 rings (SSSR count). The molecule has 14 heavy (non-hydrogen) atoms. The zero-order valence-electron chi connectivity index (χ0n) is 7.70. The first kappa shape index (κ1) is 9.71. The van der Waals surface area contributed by atoms with E-state index in [1.165, 1.54) is 6.07 Å². The van der Waals surface area contributed by atoms with E-state index in [4.69, 9.17) is 0 Å². The van der Waals surface area contributed by atoms with Gasteiger partial charge in [-0.1, -0.05) is 12.1 Å². The first-order chi connectivity index (χ1) is 6.74. The lowest BCUT2D eigenvalue weighted by Crippen LogP contribution is -2.04. The van der Waals surface area contributed by atoms with Crippen LogP contribution in [0.15, 0.2) is 24.3 Å². The van der Waals surface area contributed by atoms with Gasteiger partial charge >= 0.3 is 0 Å². The van der Waals surface area contributed by atoms with Crippen LogP contribution in [0.2, 0.25) is 0 Å². The van der Waals surface area contributed by atoms with E-state index >= 15 is 0 Å². The molecule has 1 nitrogen and oxygen atoms in total. The van der Waals surface area contributed by atoms with Crippen molar-refractivity contribution in [1.29, 1.82) is 0 Å². The Kier molecular flexibility index (Phi) is 2.87. The van der Waals surface area contributed by atoms with Crippen molar-refractivity contribution < 1.29 is 9.18 Å². The molecule has 0 saturated carbocycles. The molecule has 1 unspecified atom stereocenters. The van der Waals surface area contributed by atoms with Crippen LogP contribution >= 0.6 is 11.8 Å². The first-order valence-corrected chi connectivity index (χ1v) is 5.66. The monoisotopic (exact) mass is 210 g/mol. The second-order valence-corrected chi connectivity index (χ2v) is 4.80. The van der Waals surface area contributed by atoms with Crippen molar-refractivity contribution in [2.75, 3.05) is 5.75 Å². The van der Waals surface area contributed by atoms with E-state index in [1.54, 1.807) is 23.9 Å². The van der Waals surface area contributed by atoms with Crippen molar-refractivity contribution in [2.45, 2.75) is 18.1 Å². The molecule has 0 amide bonds. The summed E-state index contributed by atoms with van der Waals surface area (Å²) in [5.74, 6) is 0.744. The van der Waals surface area contributed by atoms with Crippen LogP contribution in [0, 0.1) is 5.82 Å². The van der Waals surface area contributed by atoms with E-state index in [-0.39, 0.29) is 5.82 Å². The zero-order valence-corrected chi connectivity index (χ0v) is 8.52. The second kappa shape index (κ2) is 4.13. The summed E-state index contributed by atoms with van der Waals surface area (Å²) in [6.45, 7) is 0. The summed E-state index contributed by atoms with van der Waals surface area (Å²) in [5.41, 5.74) is 0.984. The minimum Gasteiger partial charge on any atom is -0.299 e. The van der Waals surface area contributed by atoms with E-state index in [0.29, 0.717) is 23.2 Å². The third-order valence-electron chi connectivity index (χ3n) is 2.29. The lowest BCUT2D eigenvalue weighted by Gasteiger charge is -2.06. The number of hydrogen-bond donors (Lipinski definition) is 0. The van der Waals surface area contributed by atoms with Crippen LogP contribution in [0.3, 0.4) is 0 Å². The highest BCUT2D eigenvalue weighted by molar-refractivity contribution is 8.01. The SMILES string of the molecule is O=C1CSC(Cc2cccc(F)c2)C1. The van der Waals surface area contributed by atoms with Gasteiger partial charge in [-0.05, 0) is 24.1 Å². The molecule has 1 atom stereocenters. The van der Waals surface area contributed by atoms with Crippen molar-refractivity contribution in [3.8, 4) is 0 Å². The molecule has 0 aliphatic carbocycles. The van der Waals surface area contributed by atoms with Gasteiger partial charge in [-0.25, -0.2) is 4.39 Å². The molecular formula is C11H11FOS. The number of halogens is 1. The second-order valence-electron chi connectivity index (χ2n) is 3.51. The first-order valence-electron chi connectivity index (χ1n) is 4.62. The molecule has 0 spiro atoms. The van der Waals surface area contributed by atoms with Gasteiger partial charge in [0.15, 0.2) is 0 Å². The summed E-state index contributed by atoms with van der Waals surface area (Å²) in [6.07, 6.45) is 1.44. The lowest BCUT2D eigenvalue weighted by molar-refractivity contribution is -0.116. The van der Waals surface area contributed by atoms with Crippen LogP contribution in [0.4, 0.5) is 4.39 Å². The predicted octanol–water partition coefficient (Wildman–Crippen LogP) is 2.44. The maximum absolute atomic E-state index is 12.8. The van der Waals surface area contributed by atoms with Gasteiger partial charge in [0.2, 0.25) is 0 Å². The standard InChI is InChI=1S/C11H11FOS/c12-9-3-1-2-8(4-9)5-11-6-10(13)7-14-11/h1-4,11H,5-7H2. The minimum absolute atomic E-state index is 0.197. The van der Waals surface area contributed by atoms with Crippen molar-refractivity contribution >= 4 is 17.5 Å². The van der Waals surface area contributed by atoms with Crippen molar-refractivity contribution in [1.82, 2.24) is 0 Å². The Bertz CT molecular complexity index is 351. The van der Waals surface area contributed by atoms with Gasteiger partial charge in [0.25, 0.3) is 0 Å². The molecule has 0 radical (unpaired) electrons. The Labute approximate surface area is 86.7 Å². The predicted molar refractivity (Wildman–Crippen MR) is 56.0 cm³/mol. The number of carbonyl (C=O) groups excluding carboxylic acids is 1. The number of hydrogen-bond acceptors (Lipinski definition) is 2. The summed E-state index contributed by atoms with van der Waals surface area (Å²) in [5, 5.41) is 0.351. The van der Waals surface area contributed by atoms with Gasteiger partial charge in [-0.15, -0.1) is 11.8 Å². The molecular weight excluding hydrogens is 199 g/mol. The highest BCUT2D eigenvalue weighted by atomic mass is 32.2. The van der Waals surface area contributed by atoms with Crippen molar-refractivity contribution in [3.63, 3.8) is 0 Å². The van der Waals surface area contributed by atoms with Crippen LogP contribution < -0.4 is 0 Å². The number of carbonyl (C=O) groups is 1. The Balaban J connectivity index is 2.00. The summed E-state index contributed by atoms with van der Waals surface area (Å²) in [6, 6.07) is 6.61. The number of thioether (sulfide) groups is 1.